The number of nitrogens with zero attached hydrogens (tertiary/aromatic N) is 1. The van der Waals surface area contributed by atoms with Crippen LogP contribution in [0.15, 0.2) is 18.2 Å². The van der Waals surface area contributed by atoms with E-state index in [1.54, 1.807) is 18.2 Å². The van der Waals surface area contributed by atoms with Gasteiger partial charge in [-0.15, -0.1) is 0 Å². The predicted molar refractivity (Wildman–Crippen MR) is 68.0 cm³/mol. The molecule has 0 saturated carbocycles. The molecule has 1 aromatic rings. The summed E-state index contributed by atoms with van der Waals surface area (Å²) >= 11 is 5.92. The average molecular weight is 252 g/mol. The maximum atomic E-state index is 11.5. The number of nitriles is 1. The van der Waals surface area contributed by atoms with Gasteiger partial charge in [-0.2, -0.15) is 5.26 Å². The van der Waals surface area contributed by atoms with Crippen LogP contribution in [-0.2, 0) is 4.79 Å². The van der Waals surface area contributed by atoms with E-state index in [-0.39, 0.29) is 5.91 Å². The number of anilines is 1. The molecule has 4 nitrogen and oxygen atoms in total. The number of halogens is 1. The predicted octanol–water partition coefficient (Wildman–Crippen LogP) is 2.15. The van der Waals surface area contributed by atoms with E-state index >= 15 is 0 Å². The molecule has 0 aliphatic heterocycles. The molecule has 5 heteroatoms. The van der Waals surface area contributed by atoms with Crippen molar-refractivity contribution in [2.45, 2.75) is 13.3 Å². The van der Waals surface area contributed by atoms with Gasteiger partial charge in [0.05, 0.1) is 22.3 Å². The van der Waals surface area contributed by atoms with Gasteiger partial charge in [0.1, 0.15) is 0 Å². The maximum Gasteiger partial charge on any atom is 0.225 e. The smallest absolute Gasteiger partial charge is 0.225 e. The summed E-state index contributed by atoms with van der Waals surface area (Å²) in [5, 5.41) is 14.9. The molecule has 0 fully saturated rings. The van der Waals surface area contributed by atoms with E-state index in [4.69, 9.17) is 16.9 Å². The van der Waals surface area contributed by atoms with Gasteiger partial charge in [0, 0.05) is 13.0 Å². The number of rotatable bonds is 5. The molecule has 0 saturated heterocycles. The lowest BCUT2D eigenvalue weighted by Crippen LogP contribution is -2.21. The third kappa shape index (κ3) is 4.43. The summed E-state index contributed by atoms with van der Waals surface area (Å²) in [6, 6.07) is 6.77. The summed E-state index contributed by atoms with van der Waals surface area (Å²) in [6.45, 7) is 3.43. The lowest BCUT2D eigenvalue weighted by molar-refractivity contribution is -0.116. The minimum atomic E-state index is -0.122. The van der Waals surface area contributed by atoms with E-state index in [1.165, 1.54) is 0 Å². The number of hydrogen-bond acceptors (Lipinski definition) is 3. The van der Waals surface area contributed by atoms with Gasteiger partial charge in [-0.3, -0.25) is 4.79 Å². The topological polar surface area (TPSA) is 64.9 Å². The monoisotopic (exact) mass is 251 g/mol. The van der Waals surface area contributed by atoms with Crippen molar-refractivity contribution in [2.75, 3.05) is 18.4 Å². The van der Waals surface area contributed by atoms with Crippen LogP contribution in [0.1, 0.15) is 18.9 Å². The normalized spacial score (nSPS) is 9.71. The zero-order valence-corrected chi connectivity index (χ0v) is 10.3. The zero-order chi connectivity index (χ0) is 12.7. The third-order valence-electron chi connectivity index (χ3n) is 2.15. The summed E-state index contributed by atoms with van der Waals surface area (Å²) in [5.41, 5.74) is 0.948. The first-order valence-corrected chi connectivity index (χ1v) is 5.75. The lowest BCUT2D eigenvalue weighted by Gasteiger charge is -2.07. The Hall–Kier alpha value is -1.57. The number of carbonyl (C=O) groups excluding carboxylic acids is 1. The van der Waals surface area contributed by atoms with E-state index < -0.39 is 0 Å². The molecule has 2 N–H and O–H groups in total. The molecule has 0 aromatic heterocycles. The molecule has 0 unspecified atom stereocenters. The Bertz CT molecular complexity index is 440. The molecular formula is C12H14ClN3O. The maximum absolute atomic E-state index is 11.5. The van der Waals surface area contributed by atoms with Crippen LogP contribution < -0.4 is 10.6 Å². The van der Waals surface area contributed by atoms with Gasteiger partial charge >= 0.3 is 0 Å². The van der Waals surface area contributed by atoms with Gasteiger partial charge in [0.15, 0.2) is 0 Å². The van der Waals surface area contributed by atoms with Crippen molar-refractivity contribution in [3.05, 3.63) is 28.8 Å². The highest BCUT2D eigenvalue weighted by atomic mass is 35.5. The molecule has 0 spiro atoms. The molecular weight excluding hydrogens is 238 g/mol. The molecule has 1 rings (SSSR count). The summed E-state index contributed by atoms with van der Waals surface area (Å²) in [7, 11) is 0. The van der Waals surface area contributed by atoms with Gasteiger partial charge in [-0.25, -0.2) is 0 Å². The fraction of sp³-hybridized carbons (Fsp3) is 0.333. The van der Waals surface area contributed by atoms with E-state index in [9.17, 15) is 4.79 Å². The number of hydrogen-bond donors (Lipinski definition) is 2. The Labute approximate surface area is 106 Å². The number of amides is 1. The van der Waals surface area contributed by atoms with Crippen molar-refractivity contribution >= 4 is 23.2 Å². The second-order valence-electron chi connectivity index (χ2n) is 3.46. The first-order chi connectivity index (χ1) is 8.17. The molecule has 0 aliphatic carbocycles. The Morgan fingerprint density at radius 3 is 2.94 bits per heavy atom. The van der Waals surface area contributed by atoms with Gasteiger partial charge in [-0.05, 0) is 24.7 Å². The third-order valence-corrected chi connectivity index (χ3v) is 2.48. The summed E-state index contributed by atoms with van der Waals surface area (Å²) < 4.78 is 0. The van der Waals surface area contributed by atoms with Crippen LogP contribution in [0.5, 0.6) is 0 Å². The molecule has 0 atom stereocenters. The second kappa shape index (κ2) is 6.89. The van der Waals surface area contributed by atoms with Gasteiger partial charge in [-0.1, -0.05) is 18.5 Å². The minimum absolute atomic E-state index is 0.122. The molecule has 0 heterocycles. The summed E-state index contributed by atoms with van der Waals surface area (Å²) in [5.74, 6) is -0.122. The first-order valence-electron chi connectivity index (χ1n) is 5.37. The van der Waals surface area contributed by atoms with E-state index in [2.05, 4.69) is 10.6 Å². The molecule has 17 heavy (non-hydrogen) atoms. The molecule has 0 bridgehead atoms. The summed E-state index contributed by atoms with van der Waals surface area (Å²) in [4.78, 5) is 11.5. The lowest BCUT2D eigenvalue weighted by atomic mass is 10.2. The van der Waals surface area contributed by atoms with Crippen LogP contribution in [0.25, 0.3) is 0 Å². The number of benzene rings is 1. The van der Waals surface area contributed by atoms with E-state index in [0.29, 0.717) is 29.2 Å². The Kier molecular flexibility index (Phi) is 5.47. The van der Waals surface area contributed by atoms with Crippen molar-refractivity contribution in [1.29, 1.82) is 5.26 Å². The highest BCUT2D eigenvalue weighted by Gasteiger charge is 2.06. The Morgan fingerprint density at radius 2 is 2.29 bits per heavy atom. The molecule has 1 amide bonds. The number of carbonyl (C=O) groups is 1. The van der Waals surface area contributed by atoms with Crippen LogP contribution in [0.2, 0.25) is 5.02 Å². The van der Waals surface area contributed by atoms with Crippen LogP contribution in [0, 0.1) is 11.3 Å². The highest BCUT2D eigenvalue weighted by molar-refractivity contribution is 6.33. The first kappa shape index (κ1) is 13.5. The quantitative estimate of drug-likeness (QED) is 0.788. The minimum Gasteiger partial charge on any atom is -0.325 e. The zero-order valence-electron chi connectivity index (χ0n) is 9.59. The molecule has 1 aromatic carbocycles. The van der Waals surface area contributed by atoms with Crippen LogP contribution >= 0.6 is 11.6 Å². The van der Waals surface area contributed by atoms with E-state index in [1.807, 2.05) is 13.0 Å². The second-order valence-corrected chi connectivity index (χ2v) is 3.87. The van der Waals surface area contributed by atoms with Crippen molar-refractivity contribution in [2.24, 2.45) is 0 Å². The number of nitrogens with one attached hydrogen (secondary N) is 2. The van der Waals surface area contributed by atoms with Crippen molar-refractivity contribution in [3.63, 3.8) is 0 Å². The van der Waals surface area contributed by atoms with E-state index in [0.717, 1.165) is 6.54 Å². The molecule has 0 radical (unpaired) electrons. The van der Waals surface area contributed by atoms with Crippen LogP contribution in [0.4, 0.5) is 5.69 Å². The fourth-order valence-corrected chi connectivity index (χ4v) is 1.45. The standard InChI is InChI=1S/C12H14ClN3O/c1-2-15-6-5-12(17)16-11-7-9(8-14)3-4-10(11)13/h3-4,7,15H,2,5-6H2,1H3,(H,16,17). The largest absolute Gasteiger partial charge is 0.325 e. The highest BCUT2D eigenvalue weighted by Crippen LogP contribution is 2.22. The van der Waals surface area contributed by atoms with Crippen LogP contribution in [-0.4, -0.2) is 19.0 Å². The Morgan fingerprint density at radius 1 is 1.53 bits per heavy atom. The summed E-state index contributed by atoms with van der Waals surface area (Å²) in [6.07, 6.45) is 0.376. The van der Waals surface area contributed by atoms with Gasteiger partial charge in [0.2, 0.25) is 5.91 Å². The average Bonchev–Trinajstić information content (AvgIpc) is 2.32. The SMILES string of the molecule is CCNCCC(=O)Nc1cc(C#N)ccc1Cl. The van der Waals surface area contributed by atoms with Crippen molar-refractivity contribution in [3.8, 4) is 6.07 Å². The van der Waals surface area contributed by atoms with Crippen molar-refractivity contribution in [1.82, 2.24) is 5.32 Å². The molecule has 0 aliphatic rings. The van der Waals surface area contributed by atoms with Gasteiger partial charge < -0.3 is 10.6 Å². The van der Waals surface area contributed by atoms with Gasteiger partial charge in [0.25, 0.3) is 0 Å². The Balaban J connectivity index is 2.61. The van der Waals surface area contributed by atoms with Crippen molar-refractivity contribution < 1.29 is 4.79 Å². The molecule has 90 valence electrons. The van der Waals surface area contributed by atoms with Crippen LogP contribution in [0.3, 0.4) is 0 Å². The fourth-order valence-electron chi connectivity index (χ4n) is 1.28.